The number of nitrogens with one attached hydrogen (secondary N) is 1. The van der Waals surface area contributed by atoms with Crippen molar-refractivity contribution in [2.24, 2.45) is 11.7 Å². The topological polar surface area (TPSA) is 81.4 Å². The fourth-order valence-electron chi connectivity index (χ4n) is 1.57. The van der Waals surface area contributed by atoms with Crippen LogP contribution < -0.4 is 15.8 Å². The highest BCUT2D eigenvalue weighted by Gasteiger charge is 2.24. The number of thiophene rings is 1. The summed E-state index contributed by atoms with van der Waals surface area (Å²) in [6.45, 7) is 5.54. The molecule has 6 heteroatoms. The molecule has 0 fully saturated rings. The zero-order valence-corrected chi connectivity index (χ0v) is 11.8. The number of ether oxygens (including phenoxy) is 1. The van der Waals surface area contributed by atoms with Gasteiger partial charge in [-0.2, -0.15) is 0 Å². The first-order chi connectivity index (χ1) is 8.36. The Morgan fingerprint density at radius 2 is 2.06 bits per heavy atom. The van der Waals surface area contributed by atoms with Crippen LogP contribution in [0.4, 0.5) is 0 Å². The third-order valence-electron chi connectivity index (χ3n) is 2.51. The van der Waals surface area contributed by atoms with Crippen LogP contribution in [-0.4, -0.2) is 25.0 Å². The molecule has 0 aliphatic carbocycles. The Hall–Kier alpha value is -1.56. The molecule has 1 heterocycles. The van der Waals surface area contributed by atoms with Crippen molar-refractivity contribution < 1.29 is 14.3 Å². The normalized spacial score (nSPS) is 12.3. The zero-order valence-electron chi connectivity index (χ0n) is 10.9. The van der Waals surface area contributed by atoms with Crippen LogP contribution in [0.15, 0.2) is 6.07 Å². The van der Waals surface area contributed by atoms with Crippen molar-refractivity contribution in [3.63, 3.8) is 0 Å². The summed E-state index contributed by atoms with van der Waals surface area (Å²) in [7, 11) is 1.51. The second-order valence-corrected chi connectivity index (χ2v) is 5.61. The SMILES string of the molecule is COc1cc(C)sc1C(=O)N[C@@H](C(N)=O)C(C)C. The fourth-order valence-corrected chi connectivity index (χ4v) is 2.46. The molecule has 1 aromatic rings. The Morgan fingerprint density at radius 3 is 2.50 bits per heavy atom. The van der Waals surface area contributed by atoms with Gasteiger partial charge in [-0.3, -0.25) is 9.59 Å². The number of hydrogen-bond donors (Lipinski definition) is 2. The summed E-state index contributed by atoms with van der Waals surface area (Å²) in [5.41, 5.74) is 5.26. The molecule has 0 aliphatic heterocycles. The summed E-state index contributed by atoms with van der Waals surface area (Å²) in [5.74, 6) is -0.409. The number of carbonyl (C=O) groups excluding carboxylic acids is 2. The molecule has 1 rings (SSSR count). The number of carbonyl (C=O) groups is 2. The Morgan fingerprint density at radius 1 is 1.44 bits per heavy atom. The molecule has 0 aromatic carbocycles. The maximum Gasteiger partial charge on any atom is 0.265 e. The first-order valence-electron chi connectivity index (χ1n) is 5.61. The second kappa shape index (κ2) is 5.86. The van der Waals surface area contributed by atoms with Crippen LogP contribution in [-0.2, 0) is 4.79 Å². The number of aryl methyl sites for hydroxylation is 1. The molecule has 0 radical (unpaired) electrons. The van der Waals surface area contributed by atoms with E-state index < -0.39 is 11.9 Å². The molecular formula is C12H18N2O3S. The van der Waals surface area contributed by atoms with E-state index in [9.17, 15) is 9.59 Å². The molecule has 18 heavy (non-hydrogen) atoms. The molecule has 3 N–H and O–H groups in total. The van der Waals surface area contributed by atoms with Gasteiger partial charge in [0.2, 0.25) is 5.91 Å². The van der Waals surface area contributed by atoms with E-state index in [0.29, 0.717) is 10.6 Å². The molecule has 0 bridgehead atoms. The molecule has 0 saturated carbocycles. The molecule has 0 unspecified atom stereocenters. The fraction of sp³-hybridized carbons (Fsp3) is 0.500. The Kier molecular flexibility index (Phi) is 4.72. The van der Waals surface area contributed by atoms with Crippen molar-refractivity contribution in [1.82, 2.24) is 5.32 Å². The van der Waals surface area contributed by atoms with E-state index >= 15 is 0 Å². The minimum atomic E-state index is -0.676. The third kappa shape index (κ3) is 3.22. The standard InChI is InChI=1S/C12H18N2O3S/c1-6(2)9(11(13)15)14-12(16)10-8(17-4)5-7(3)18-10/h5-6,9H,1-4H3,(H2,13,15)(H,14,16)/t9-/m1/s1. The van der Waals surface area contributed by atoms with Crippen LogP contribution in [0.3, 0.4) is 0 Å². The van der Waals surface area contributed by atoms with Crippen molar-refractivity contribution >= 4 is 23.2 Å². The average molecular weight is 270 g/mol. The molecule has 1 atom stereocenters. The van der Waals surface area contributed by atoms with Gasteiger partial charge in [-0.15, -0.1) is 11.3 Å². The molecule has 5 nitrogen and oxygen atoms in total. The quantitative estimate of drug-likeness (QED) is 0.846. The second-order valence-electron chi connectivity index (χ2n) is 4.35. The first-order valence-corrected chi connectivity index (χ1v) is 6.43. The van der Waals surface area contributed by atoms with Crippen molar-refractivity contribution in [1.29, 1.82) is 0 Å². The predicted molar refractivity (Wildman–Crippen MR) is 70.9 cm³/mol. The lowest BCUT2D eigenvalue weighted by Gasteiger charge is -2.18. The van der Waals surface area contributed by atoms with Crippen LogP contribution in [0.5, 0.6) is 5.75 Å². The van der Waals surface area contributed by atoms with Gasteiger partial charge in [0.25, 0.3) is 5.91 Å². The number of primary amides is 1. The van der Waals surface area contributed by atoms with E-state index in [1.54, 1.807) is 6.07 Å². The summed E-state index contributed by atoms with van der Waals surface area (Å²) in [5, 5.41) is 2.64. The van der Waals surface area contributed by atoms with Crippen LogP contribution in [0.2, 0.25) is 0 Å². The molecule has 0 spiro atoms. The number of hydrogen-bond acceptors (Lipinski definition) is 4. The Labute approximate surface area is 110 Å². The minimum absolute atomic E-state index is 0.0569. The van der Waals surface area contributed by atoms with Crippen molar-refractivity contribution in [2.45, 2.75) is 26.8 Å². The van der Waals surface area contributed by atoms with Gasteiger partial charge in [0, 0.05) is 4.88 Å². The summed E-state index contributed by atoms with van der Waals surface area (Å²) in [6, 6.07) is 1.11. The third-order valence-corrected chi connectivity index (χ3v) is 3.54. The Bertz CT molecular complexity index is 454. The van der Waals surface area contributed by atoms with Crippen LogP contribution in [0.25, 0.3) is 0 Å². The van der Waals surface area contributed by atoms with Gasteiger partial charge in [0.05, 0.1) is 7.11 Å². The van der Waals surface area contributed by atoms with Crippen molar-refractivity contribution in [2.75, 3.05) is 7.11 Å². The average Bonchev–Trinajstić information content (AvgIpc) is 2.66. The van der Waals surface area contributed by atoms with Gasteiger partial charge < -0.3 is 15.8 Å². The predicted octanol–water partition coefficient (Wildman–Crippen LogP) is 1.30. The highest BCUT2D eigenvalue weighted by Crippen LogP contribution is 2.28. The lowest BCUT2D eigenvalue weighted by molar-refractivity contribution is -0.120. The summed E-state index contributed by atoms with van der Waals surface area (Å²) in [6.07, 6.45) is 0. The van der Waals surface area contributed by atoms with E-state index in [-0.39, 0.29) is 11.8 Å². The zero-order chi connectivity index (χ0) is 13.9. The first kappa shape index (κ1) is 14.5. The van der Waals surface area contributed by atoms with Gasteiger partial charge in [-0.25, -0.2) is 0 Å². The van der Waals surface area contributed by atoms with Crippen molar-refractivity contribution in [3.8, 4) is 5.75 Å². The van der Waals surface area contributed by atoms with Crippen molar-refractivity contribution in [3.05, 3.63) is 15.8 Å². The Balaban J connectivity index is 2.90. The van der Waals surface area contributed by atoms with E-state index in [1.165, 1.54) is 18.4 Å². The number of amides is 2. The molecule has 0 aliphatic rings. The van der Waals surface area contributed by atoms with E-state index in [1.807, 2.05) is 20.8 Å². The molecule has 1 aromatic heterocycles. The van der Waals surface area contributed by atoms with Gasteiger partial charge in [0.1, 0.15) is 16.7 Å². The van der Waals surface area contributed by atoms with Gasteiger partial charge in [0.15, 0.2) is 0 Å². The molecule has 0 saturated heterocycles. The maximum atomic E-state index is 12.1. The van der Waals surface area contributed by atoms with Crippen LogP contribution >= 0.6 is 11.3 Å². The molecule has 2 amide bonds. The molecule has 100 valence electrons. The largest absolute Gasteiger partial charge is 0.495 e. The summed E-state index contributed by atoms with van der Waals surface area (Å²) >= 11 is 1.32. The number of methoxy groups -OCH3 is 1. The maximum absolute atomic E-state index is 12.1. The monoisotopic (exact) mass is 270 g/mol. The lowest BCUT2D eigenvalue weighted by Crippen LogP contribution is -2.47. The lowest BCUT2D eigenvalue weighted by atomic mass is 10.0. The summed E-state index contributed by atoms with van der Waals surface area (Å²) in [4.78, 5) is 24.7. The smallest absolute Gasteiger partial charge is 0.265 e. The molecular weight excluding hydrogens is 252 g/mol. The van der Waals surface area contributed by atoms with Gasteiger partial charge >= 0.3 is 0 Å². The number of nitrogens with two attached hydrogens (primary N) is 1. The van der Waals surface area contributed by atoms with Crippen LogP contribution in [0, 0.1) is 12.8 Å². The minimum Gasteiger partial charge on any atom is -0.495 e. The van der Waals surface area contributed by atoms with Gasteiger partial charge in [-0.1, -0.05) is 13.8 Å². The highest BCUT2D eigenvalue weighted by atomic mass is 32.1. The van der Waals surface area contributed by atoms with Gasteiger partial charge in [-0.05, 0) is 18.9 Å². The van der Waals surface area contributed by atoms with E-state index in [0.717, 1.165) is 4.88 Å². The van der Waals surface area contributed by atoms with Crippen LogP contribution in [0.1, 0.15) is 28.4 Å². The van der Waals surface area contributed by atoms with E-state index in [2.05, 4.69) is 5.32 Å². The summed E-state index contributed by atoms with van der Waals surface area (Å²) < 4.78 is 5.12. The number of rotatable bonds is 5. The highest BCUT2D eigenvalue weighted by molar-refractivity contribution is 7.14. The van der Waals surface area contributed by atoms with E-state index in [4.69, 9.17) is 10.5 Å².